The molecule has 0 bridgehead atoms. The monoisotopic (exact) mass is 483 g/mol. The van der Waals surface area contributed by atoms with Crippen LogP contribution in [-0.4, -0.2) is 48.3 Å². The van der Waals surface area contributed by atoms with Gasteiger partial charge in [0.2, 0.25) is 17.5 Å². The first-order valence-electron chi connectivity index (χ1n) is 10.4. The molecule has 2 aliphatic heterocycles. The van der Waals surface area contributed by atoms with Crippen molar-refractivity contribution < 1.29 is 33.0 Å². The van der Waals surface area contributed by atoms with Crippen LogP contribution in [0.2, 0.25) is 0 Å². The number of para-hydroxylation sites is 1. The quantitative estimate of drug-likeness (QED) is 0.463. The number of carbonyl (C=O) groups is 2. The van der Waals surface area contributed by atoms with E-state index in [0.717, 1.165) is 10.6 Å². The minimum Gasteiger partial charge on any atom is -0.493 e. The van der Waals surface area contributed by atoms with E-state index in [1.165, 1.54) is 33.1 Å². The maximum absolute atomic E-state index is 13.2. The number of anilines is 1. The normalized spacial score (nSPS) is 18.4. The average molecular weight is 484 g/mol. The summed E-state index contributed by atoms with van der Waals surface area (Å²) in [6.45, 7) is -0.225. The van der Waals surface area contributed by atoms with Crippen LogP contribution in [0.1, 0.15) is 18.7 Å². The third-order valence-electron chi connectivity index (χ3n) is 5.70. The Kier molecular flexibility index (Phi) is 5.56. The highest BCUT2D eigenvalue weighted by atomic mass is 32.2. The lowest BCUT2D eigenvalue weighted by atomic mass is 10.2. The number of aromatic nitrogens is 2. The Bertz CT molecular complexity index is 1250. The van der Waals surface area contributed by atoms with Crippen LogP contribution < -0.4 is 19.1 Å². The Morgan fingerprint density at radius 3 is 2.56 bits per heavy atom. The smallest absolute Gasteiger partial charge is 0.344 e. The second-order valence-electron chi connectivity index (χ2n) is 7.57. The lowest BCUT2D eigenvalue weighted by Gasteiger charge is -2.28. The zero-order chi connectivity index (χ0) is 23.9. The van der Waals surface area contributed by atoms with E-state index in [-0.39, 0.29) is 30.7 Å². The lowest BCUT2D eigenvalue weighted by Crippen LogP contribution is -2.47. The number of thioether (sulfide) groups is 1. The molecular weight excluding hydrogens is 462 g/mol. The molecule has 0 unspecified atom stereocenters. The second-order valence-corrected chi connectivity index (χ2v) is 8.89. The first-order chi connectivity index (χ1) is 16.5. The molecule has 0 N–H and O–H groups in total. The van der Waals surface area contributed by atoms with Gasteiger partial charge in [-0.2, -0.15) is 0 Å². The predicted molar refractivity (Wildman–Crippen MR) is 121 cm³/mol. The van der Waals surface area contributed by atoms with Crippen molar-refractivity contribution in [3.63, 3.8) is 0 Å². The molecule has 3 heterocycles. The number of ether oxygens (including phenoxy) is 4. The molecule has 1 amide bonds. The molecule has 3 aromatic rings. The molecule has 0 aliphatic carbocycles. The molecule has 0 radical (unpaired) electrons. The molecule has 2 aliphatic rings. The average Bonchev–Trinajstić information content (AvgIpc) is 3.56. The molecule has 2 aromatic carbocycles. The Labute approximate surface area is 199 Å². The number of hydrogen-bond donors (Lipinski definition) is 0. The molecule has 1 saturated heterocycles. The Balaban J connectivity index is 1.34. The van der Waals surface area contributed by atoms with Crippen LogP contribution in [-0.2, 0) is 20.9 Å². The maximum Gasteiger partial charge on any atom is 0.344 e. The summed E-state index contributed by atoms with van der Waals surface area (Å²) in [6, 6.07) is 10.8. The summed E-state index contributed by atoms with van der Waals surface area (Å²) in [5.74, 6) is 1.00. The molecule has 1 atom stereocenters. The number of nitrogens with zero attached hydrogens (tertiary/aromatic N) is 3. The van der Waals surface area contributed by atoms with Crippen LogP contribution >= 0.6 is 11.8 Å². The van der Waals surface area contributed by atoms with Crippen molar-refractivity contribution in [2.75, 3.05) is 26.2 Å². The van der Waals surface area contributed by atoms with Crippen molar-refractivity contribution in [3.05, 3.63) is 42.3 Å². The molecule has 34 heavy (non-hydrogen) atoms. The Morgan fingerprint density at radius 2 is 1.85 bits per heavy atom. The fourth-order valence-electron chi connectivity index (χ4n) is 4.15. The van der Waals surface area contributed by atoms with Gasteiger partial charge in [0.15, 0.2) is 23.0 Å². The first kappa shape index (κ1) is 22.1. The summed E-state index contributed by atoms with van der Waals surface area (Å²) in [6.07, 6.45) is 0.646. The van der Waals surface area contributed by atoms with Crippen molar-refractivity contribution in [3.8, 4) is 28.7 Å². The van der Waals surface area contributed by atoms with Gasteiger partial charge in [0.25, 0.3) is 5.89 Å². The number of fused-ring (bicyclic) bond motifs is 3. The van der Waals surface area contributed by atoms with Crippen LogP contribution in [0.15, 0.2) is 45.7 Å². The maximum atomic E-state index is 13.2. The number of methoxy groups -OCH3 is 3. The van der Waals surface area contributed by atoms with Gasteiger partial charge in [-0.3, -0.25) is 9.69 Å². The zero-order valence-corrected chi connectivity index (χ0v) is 19.5. The zero-order valence-electron chi connectivity index (χ0n) is 18.7. The van der Waals surface area contributed by atoms with Crippen LogP contribution in [0.25, 0.3) is 11.5 Å². The van der Waals surface area contributed by atoms with Crippen molar-refractivity contribution in [1.29, 1.82) is 0 Å². The lowest BCUT2D eigenvalue weighted by molar-refractivity contribution is -0.148. The summed E-state index contributed by atoms with van der Waals surface area (Å²) in [5.41, 5.74) is 1.28. The van der Waals surface area contributed by atoms with Gasteiger partial charge in [0, 0.05) is 23.3 Å². The largest absolute Gasteiger partial charge is 0.493 e. The van der Waals surface area contributed by atoms with Crippen LogP contribution in [0.5, 0.6) is 17.2 Å². The highest BCUT2D eigenvalue weighted by Gasteiger charge is 2.58. The standard InChI is InChI=1S/C23H21N3O7S/c1-29-15-10-13(11-16(30-2)20(15)31-3)21-25-24-18(33-21)12-32-22(28)23-9-8-19(27)26(23)14-6-4-5-7-17(14)34-23/h4-7,10-11H,8-9,12H2,1-3H3/t23-/m0/s1. The molecular formula is C23H21N3O7S. The van der Waals surface area contributed by atoms with E-state index in [1.54, 1.807) is 17.0 Å². The van der Waals surface area contributed by atoms with E-state index >= 15 is 0 Å². The molecule has 11 heteroatoms. The van der Waals surface area contributed by atoms with Crippen molar-refractivity contribution in [2.45, 2.75) is 29.2 Å². The van der Waals surface area contributed by atoms with Gasteiger partial charge < -0.3 is 23.4 Å². The van der Waals surface area contributed by atoms with E-state index in [2.05, 4.69) is 10.2 Å². The molecule has 176 valence electrons. The summed E-state index contributed by atoms with van der Waals surface area (Å²) in [4.78, 5) is 27.0. The van der Waals surface area contributed by atoms with Crippen molar-refractivity contribution >= 4 is 29.3 Å². The van der Waals surface area contributed by atoms with E-state index in [0.29, 0.717) is 29.2 Å². The van der Waals surface area contributed by atoms with Gasteiger partial charge >= 0.3 is 5.97 Å². The first-order valence-corrected chi connectivity index (χ1v) is 11.2. The summed E-state index contributed by atoms with van der Waals surface area (Å²) < 4.78 is 27.3. The van der Waals surface area contributed by atoms with Gasteiger partial charge in [0.1, 0.15) is 0 Å². The van der Waals surface area contributed by atoms with Gasteiger partial charge in [-0.05, 0) is 24.3 Å². The van der Waals surface area contributed by atoms with Gasteiger partial charge in [-0.25, -0.2) is 4.79 Å². The van der Waals surface area contributed by atoms with Gasteiger partial charge in [0.05, 0.1) is 27.0 Å². The topological polar surface area (TPSA) is 113 Å². The van der Waals surface area contributed by atoms with E-state index in [9.17, 15) is 9.59 Å². The minimum absolute atomic E-state index is 0.100. The van der Waals surface area contributed by atoms with Crippen LogP contribution in [0.3, 0.4) is 0 Å². The third kappa shape index (κ3) is 3.43. The van der Waals surface area contributed by atoms with Crippen molar-refractivity contribution in [2.24, 2.45) is 0 Å². The summed E-state index contributed by atoms with van der Waals surface area (Å²) >= 11 is 1.34. The Morgan fingerprint density at radius 1 is 1.12 bits per heavy atom. The molecule has 1 aromatic heterocycles. The number of carbonyl (C=O) groups excluding carboxylic acids is 2. The van der Waals surface area contributed by atoms with Gasteiger partial charge in [-0.15, -0.1) is 10.2 Å². The van der Waals surface area contributed by atoms with Crippen molar-refractivity contribution in [1.82, 2.24) is 10.2 Å². The van der Waals surface area contributed by atoms with Gasteiger partial charge in [-0.1, -0.05) is 23.9 Å². The number of amides is 1. The highest BCUT2D eigenvalue weighted by Crippen LogP contribution is 2.56. The van der Waals surface area contributed by atoms with E-state index in [4.69, 9.17) is 23.4 Å². The number of benzene rings is 2. The fraction of sp³-hybridized carbons (Fsp3) is 0.304. The highest BCUT2D eigenvalue weighted by molar-refractivity contribution is 8.02. The molecule has 10 nitrogen and oxygen atoms in total. The number of rotatable bonds is 7. The number of esters is 1. The van der Waals surface area contributed by atoms with Crippen LogP contribution in [0, 0.1) is 0 Å². The van der Waals surface area contributed by atoms with E-state index in [1.807, 2.05) is 24.3 Å². The summed E-state index contributed by atoms with van der Waals surface area (Å²) in [7, 11) is 4.53. The second kappa shape index (κ2) is 8.56. The van der Waals surface area contributed by atoms with E-state index < -0.39 is 10.8 Å². The number of hydrogen-bond acceptors (Lipinski definition) is 10. The molecule has 0 saturated carbocycles. The minimum atomic E-state index is -1.11. The molecule has 1 fully saturated rings. The summed E-state index contributed by atoms with van der Waals surface area (Å²) in [5, 5.41) is 8.04. The Hall–Kier alpha value is -3.73. The molecule has 0 spiro atoms. The SMILES string of the molecule is COc1cc(-c2nnc(COC(=O)[C@@]34CCC(=O)N3c3ccccc3S4)o2)cc(OC)c1OC. The van der Waals surface area contributed by atoms with Crippen LogP contribution in [0.4, 0.5) is 5.69 Å². The predicted octanol–water partition coefficient (Wildman–Crippen LogP) is 3.43. The fourth-order valence-corrected chi connectivity index (χ4v) is 5.56. The third-order valence-corrected chi connectivity index (χ3v) is 7.15. The molecule has 5 rings (SSSR count).